The van der Waals surface area contributed by atoms with Crippen molar-refractivity contribution in [2.75, 3.05) is 7.05 Å². The van der Waals surface area contributed by atoms with Crippen LogP contribution in [0.4, 0.5) is 8.78 Å². The molecule has 6 nitrogen and oxygen atoms in total. The van der Waals surface area contributed by atoms with Crippen molar-refractivity contribution < 1.29 is 13.6 Å². The van der Waals surface area contributed by atoms with Crippen LogP contribution < -0.4 is 10.9 Å². The van der Waals surface area contributed by atoms with E-state index >= 15 is 8.78 Å². The zero-order chi connectivity index (χ0) is 27.3. The van der Waals surface area contributed by atoms with E-state index in [-0.39, 0.29) is 39.4 Å². The summed E-state index contributed by atoms with van der Waals surface area (Å²) in [5, 5.41) is 2.87. The van der Waals surface area contributed by atoms with Gasteiger partial charge in [-0.15, -0.1) is 0 Å². The van der Waals surface area contributed by atoms with Crippen LogP contribution in [0, 0.1) is 25.5 Å². The summed E-state index contributed by atoms with van der Waals surface area (Å²) in [5.41, 5.74) is 1.01. The maximum absolute atomic E-state index is 16.0. The molecule has 1 aliphatic carbocycles. The van der Waals surface area contributed by atoms with Gasteiger partial charge >= 0.3 is 0 Å². The van der Waals surface area contributed by atoms with Crippen LogP contribution in [0.25, 0.3) is 16.9 Å². The van der Waals surface area contributed by atoms with Gasteiger partial charge in [0, 0.05) is 36.9 Å². The van der Waals surface area contributed by atoms with Crippen LogP contribution in [-0.4, -0.2) is 27.5 Å². The van der Waals surface area contributed by atoms with E-state index in [0.717, 1.165) is 12.0 Å². The average molecular weight is 555 g/mol. The van der Waals surface area contributed by atoms with Crippen molar-refractivity contribution in [3.8, 4) is 16.9 Å². The van der Waals surface area contributed by atoms with Crippen molar-refractivity contribution in [2.45, 2.75) is 32.1 Å². The number of carbonyl (C=O) groups excluding carboxylic acids is 1. The second kappa shape index (κ2) is 9.93. The van der Waals surface area contributed by atoms with E-state index in [1.807, 2.05) is 6.07 Å². The highest BCUT2D eigenvalue weighted by molar-refractivity contribution is 6.31. The Labute approximate surface area is 227 Å². The summed E-state index contributed by atoms with van der Waals surface area (Å²) in [6, 6.07) is 7.68. The van der Waals surface area contributed by atoms with Gasteiger partial charge in [0.1, 0.15) is 16.5 Å². The topological polar surface area (TPSA) is 76.9 Å². The molecule has 10 heteroatoms. The maximum atomic E-state index is 16.0. The lowest BCUT2D eigenvalue weighted by Gasteiger charge is -2.18. The van der Waals surface area contributed by atoms with Gasteiger partial charge in [0.05, 0.1) is 16.3 Å². The van der Waals surface area contributed by atoms with Crippen molar-refractivity contribution >= 4 is 29.1 Å². The molecule has 1 fully saturated rings. The second-order valence-corrected chi connectivity index (χ2v) is 10.1. The Morgan fingerprint density at radius 3 is 2.55 bits per heavy atom. The van der Waals surface area contributed by atoms with Gasteiger partial charge in [-0.25, -0.2) is 8.78 Å². The molecular formula is C28H22Cl2F2N4O2. The Balaban J connectivity index is 1.60. The number of aromatic nitrogens is 3. The SMILES string of the molecule is CNC(=O)c1cccc(-c2ncc(C)c(-n3c(C)cc([C@H]4C[C@@H]4c4cncc(Cl)c4)c(Cl)c3=O)c2F)c1F. The predicted octanol–water partition coefficient (Wildman–Crippen LogP) is 6.13. The molecule has 4 aromatic rings. The molecule has 1 amide bonds. The lowest BCUT2D eigenvalue weighted by Crippen LogP contribution is -2.24. The number of hydrogen-bond donors (Lipinski definition) is 1. The molecule has 0 spiro atoms. The highest BCUT2D eigenvalue weighted by Gasteiger charge is 2.42. The van der Waals surface area contributed by atoms with E-state index in [9.17, 15) is 9.59 Å². The predicted molar refractivity (Wildman–Crippen MR) is 142 cm³/mol. The fourth-order valence-corrected chi connectivity index (χ4v) is 5.33. The van der Waals surface area contributed by atoms with E-state index in [4.69, 9.17) is 23.2 Å². The van der Waals surface area contributed by atoms with Crippen LogP contribution in [0.2, 0.25) is 10.0 Å². The first-order valence-electron chi connectivity index (χ1n) is 11.8. The van der Waals surface area contributed by atoms with Crippen LogP contribution in [0.15, 0.2) is 53.7 Å². The smallest absolute Gasteiger partial charge is 0.274 e. The first-order valence-corrected chi connectivity index (χ1v) is 12.6. The largest absolute Gasteiger partial charge is 0.355 e. The number of pyridine rings is 3. The summed E-state index contributed by atoms with van der Waals surface area (Å²) in [4.78, 5) is 33.8. The summed E-state index contributed by atoms with van der Waals surface area (Å²) in [6.07, 6.45) is 5.43. The fourth-order valence-electron chi connectivity index (χ4n) is 4.87. The molecule has 3 aromatic heterocycles. The number of rotatable bonds is 5. The summed E-state index contributed by atoms with van der Waals surface area (Å²) < 4.78 is 32.4. The minimum absolute atomic E-state index is 0.00399. The molecule has 194 valence electrons. The molecule has 38 heavy (non-hydrogen) atoms. The summed E-state index contributed by atoms with van der Waals surface area (Å²) in [6.45, 7) is 3.29. The van der Waals surface area contributed by atoms with Gasteiger partial charge in [-0.2, -0.15) is 0 Å². The quantitative estimate of drug-likeness (QED) is 0.322. The molecule has 1 N–H and O–H groups in total. The monoisotopic (exact) mass is 554 g/mol. The lowest BCUT2D eigenvalue weighted by atomic mass is 10.0. The van der Waals surface area contributed by atoms with Gasteiger partial charge in [0.2, 0.25) is 0 Å². The highest BCUT2D eigenvalue weighted by atomic mass is 35.5. The number of hydrogen-bond acceptors (Lipinski definition) is 4. The summed E-state index contributed by atoms with van der Waals surface area (Å²) in [7, 11) is 1.37. The molecule has 0 radical (unpaired) electrons. The molecule has 0 unspecified atom stereocenters. The Bertz CT molecular complexity index is 1670. The maximum Gasteiger partial charge on any atom is 0.274 e. The van der Waals surface area contributed by atoms with Gasteiger partial charge in [-0.1, -0.05) is 29.3 Å². The number of halogens is 4. The molecule has 1 saturated carbocycles. The number of amides is 1. The Morgan fingerprint density at radius 1 is 1.08 bits per heavy atom. The van der Waals surface area contributed by atoms with Gasteiger partial charge < -0.3 is 5.32 Å². The molecule has 0 bridgehead atoms. The van der Waals surface area contributed by atoms with Gasteiger partial charge in [-0.05, 0) is 73.1 Å². The molecule has 0 saturated heterocycles. The van der Waals surface area contributed by atoms with Crippen LogP contribution in [0.5, 0.6) is 0 Å². The van der Waals surface area contributed by atoms with Gasteiger partial charge in [0.15, 0.2) is 5.82 Å². The Morgan fingerprint density at radius 2 is 1.84 bits per heavy atom. The molecular weight excluding hydrogens is 533 g/mol. The lowest BCUT2D eigenvalue weighted by molar-refractivity contribution is 0.0959. The van der Waals surface area contributed by atoms with Crippen LogP contribution in [-0.2, 0) is 0 Å². The van der Waals surface area contributed by atoms with E-state index in [2.05, 4.69) is 15.3 Å². The molecule has 1 aliphatic rings. The van der Waals surface area contributed by atoms with Crippen molar-refractivity contribution in [2.24, 2.45) is 0 Å². The zero-order valence-electron chi connectivity index (χ0n) is 20.7. The van der Waals surface area contributed by atoms with Crippen molar-refractivity contribution in [3.63, 3.8) is 0 Å². The Hall–Kier alpha value is -3.62. The summed E-state index contributed by atoms with van der Waals surface area (Å²) in [5.74, 6) is -2.35. The fraction of sp³-hybridized carbons (Fsp3) is 0.214. The van der Waals surface area contributed by atoms with Crippen LogP contribution >= 0.6 is 23.2 Å². The minimum Gasteiger partial charge on any atom is -0.355 e. The number of carbonyl (C=O) groups is 1. The van der Waals surface area contributed by atoms with E-state index in [0.29, 0.717) is 21.8 Å². The van der Waals surface area contributed by atoms with Gasteiger partial charge in [0.25, 0.3) is 11.5 Å². The Kier molecular flexibility index (Phi) is 6.79. The number of aryl methyl sites for hydroxylation is 2. The number of nitrogens with one attached hydrogen (secondary N) is 1. The van der Waals surface area contributed by atoms with Crippen molar-refractivity contribution in [1.82, 2.24) is 19.9 Å². The molecule has 3 heterocycles. The first-order chi connectivity index (χ1) is 18.1. The number of nitrogens with zero attached hydrogens (tertiary/aromatic N) is 3. The molecule has 2 atom stereocenters. The van der Waals surface area contributed by atoms with Crippen molar-refractivity contribution in [3.05, 3.63) is 109 Å². The second-order valence-electron chi connectivity index (χ2n) is 9.28. The normalized spacial score (nSPS) is 16.4. The molecule has 0 aliphatic heterocycles. The third-order valence-corrected chi connectivity index (χ3v) is 7.42. The zero-order valence-corrected chi connectivity index (χ0v) is 22.2. The van der Waals surface area contributed by atoms with Crippen molar-refractivity contribution in [1.29, 1.82) is 0 Å². The van der Waals surface area contributed by atoms with Crippen LogP contribution in [0.1, 0.15) is 51.0 Å². The number of benzene rings is 1. The third-order valence-electron chi connectivity index (χ3n) is 6.83. The summed E-state index contributed by atoms with van der Waals surface area (Å²) >= 11 is 12.7. The molecule has 1 aromatic carbocycles. The highest BCUT2D eigenvalue weighted by Crippen LogP contribution is 2.56. The first kappa shape index (κ1) is 26.0. The minimum atomic E-state index is -0.916. The standard InChI is InChI=1S/C28H22Cl2F2N4O2/c1-13-10-35-25(17-5-4-6-18(23(17)31)27(37)33-3)24(32)26(13)36-14(2)7-21(22(30)28(36)38)20-9-19(20)15-8-16(29)12-34-11-15/h4-8,10-12,19-20H,9H2,1-3H3,(H,33,37)/t19-,20+/m1/s1. The molecule has 5 rings (SSSR count). The van der Waals surface area contributed by atoms with Gasteiger partial charge in [-0.3, -0.25) is 24.1 Å². The van der Waals surface area contributed by atoms with Crippen LogP contribution in [0.3, 0.4) is 0 Å². The van der Waals surface area contributed by atoms with E-state index in [1.54, 1.807) is 32.3 Å². The average Bonchev–Trinajstić information content (AvgIpc) is 3.69. The van der Waals surface area contributed by atoms with E-state index < -0.39 is 23.1 Å². The third kappa shape index (κ3) is 4.37. The van der Waals surface area contributed by atoms with E-state index in [1.165, 1.54) is 36.0 Å².